The van der Waals surface area contributed by atoms with E-state index in [0.717, 1.165) is 24.7 Å². The first-order chi connectivity index (χ1) is 9.14. The van der Waals surface area contributed by atoms with Crippen LogP contribution in [-0.4, -0.2) is 32.5 Å². The van der Waals surface area contributed by atoms with Crippen LogP contribution in [0.15, 0.2) is 28.4 Å². The summed E-state index contributed by atoms with van der Waals surface area (Å²) < 4.78 is 48.0. The Morgan fingerprint density at radius 2 is 1.90 bits per heavy atom. The number of sulfonamides is 1. The lowest BCUT2D eigenvalue weighted by Gasteiger charge is -2.03. The van der Waals surface area contributed by atoms with Gasteiger partial charge in [-0.05, 0) is 18.1 Å². The summed E-state index contributed by atoms with van der Waals surface area (Å²) in [6, 6.07) is 3.36. The Bertz CT molecular complexity index is 866. The molecule has 0 aliphatic rings. The monoisotopic (exact) mass is 317 g/mol. The second-order valence-electron chi connectivity index (χ2n) is 4.55. The van der Waals surface area contributed by atoms with Crippen molar-refractivity contribution in [1.29, 1.82) is 0 Å². The van der Waals surface area contributed by atoms with E-state index >= 15 is 0 Å². The summed E-state index contributed by atoms with van der Waals surface area (Å²) in [6.07, 6.45) is 4.08. The lowest BCUT2D eigenvalue weighted by atomic mass is 10.2. The summed E-state index contributed by atoms with van der Waals surface area (Å²) in [7, 11) is -8.01. The summed E-state index contributed by atoms with van der Waals surface area (Å²) in [5.41, 5.74) is 1.11. The van der Waals surface area contributed by atoms with Crippen molar-refractivity contribution >= 4 is 25.5 Å². The first-order valence-corrected chi connectivity index (χ1v) is 9.32. The van der Waals surface area contributed by atoms with Crippen LogP contribution in [0.25, 0.3) is 5.65 Å². The van der Waals surface area contributed by atoms with Crippen LogP contribution in [0.3, 0.4) is 0 Å². The average molecular weight is 317 g/mol. The Morgan fingerprint density at radius 3 is 2.40 bits per heavy atom. The molecule has 0 radical (unpaired) electrons. The molecule has 0 atom stereocenters. The minimum absolute atomic E-state index is 0.231. The van der Waals surface area contributed by atoms with E-state index in [1.165, 1.54) is 4.40 Å². The van der Waals surface area contributed by atoms with Crippen molar-refractivity contribution in [3.8, 4) is 0 Å². The minimum Gasteiger partial charge on any atom is -0.288 e. The van der Waals surface area contributed by atoms with Crippen molar-refractivity contribution in [1.82, 2.24) is 9.38 Å². The maximum Gasteiger partial charge on any atom is 0.257 e. The zero-order valence-corrected chi connectivity index (χ0v) is 12.7. The summed E-state index contributed by atoms with van der Waals surface area (Å²) >= 11 is 0. The topological polar surface area (TPSA) is 112 Å². The molecule has 0 saturated carbocycles. The standard InChI is InChI=1S/C11H15N3O4S2/c1-3-4-8-5-6-9-13-10(19(2,15)16)11(14(9)7-8)20(12,17)18/h5-7H,3-4H2,1-2H3,(H2,12,17,18). The van der Waals surface area contributed by atoms with Crippen molar-refractivity contribution in [2.24, 2.45) is 5.14 Å². The highest BCUT2D eigenvalue weighted by molar-refractivity contribution is 7.93. The summed E-state index contributed by atoms with van der Waals surface area (Å²) in [4.78, 5) is 3.87. The van der Waals surface area contributed by atoms with Crippen LogP contribution in [0.4, 0.5) is 0 Å². The SMILES string of the molecule is CCCc1ccc2nc(S(C)(=O)=O)c(S(N)(=O)=O)n2c1. The number of pyridine rings is 1. The summed E-state index contributed by atoms with van der Waals surface area (Å²) in [6.45, 7) is 1.99. The highest BCUT2D eigenvalue weighted by atomic mass is 32.2. The van der Waals surface area contributed by atoms with E-state index in [1.807, 2.05) is 6.92 Å². The molecule has 2 aromatic rings. The maximum atomic E-state index is 11.7. The smallest absolute Gasteiger partial charge is 0.257 e. The van der Waals surface area contributed by atoms with E-state index in [2.05, 4.69) is 4.98 Å². The Balaban J connectivity index is 2.90. The third-order valence-corrected chi connectivity index (χ3v) is 4.81. The Morgan fingerprint density at radius 1 is 1.25 bits per heavy atom. The molecule has 9 heteroatoms. The van der Waals surface area contributed by atoms with Crippen molar-refractivity contribution in [2.45, 2.75) is 29.8 Å². The molecule has 2 N–H and O–H groups in total. The molecular formula is C11H15N3O4S2. The fourth-order valence-electron chi connectivity index (χ4n) is 1.98. The van der Waals surface area contributed by atoms with Crippen LogP contribution in [-0.2, 0) is 26.3 Å². The summed E-state index contributed by atoms with van der Waals surface area (Å²) in [5, 5.41) is 4.12. The van der Waals surface area contributed by atoms with Crippen LogP contribution in [0.2, 0.25) is 0 Å². The number of imidazole rings is 1. The number of hydrogen-bond acceptors (Lipinski definition) is 5. The predicted molar refractivity (Wildman–Crippen MR) is 73.7 cm³/mol. The van der Waals surface area contributed by atoms with Gasteiger partial charge < -0.3 is 0 Å². The molecule has 7 nitrogen and oxygen atoms in total. The van der Waals surface area contributed by atoms with Gasteiger partial charge in [-0.3, -0.25) is 4.40 Å². The number of aromatic nitrogens is 2. The number of sulfone groups is 1. The second kappa shape index (κ2) is 4.83. The van der Waals surface area contributed by atoms with Crippen LogP contribution in [0.5, 0.6) is 0 Å². The fourth-order valence-corrected chi connectivity index (χ4v) is 4.17. The van der Waals surface area contributed by atoms with Crippen molar-refractivity contribution < 1.29 is 16.8 Å². The molecule has 0 fully saturated rings. The van der Waals surface area contributed by atoms with E-state index in [1.54, 1.807) is 18.3 Å². The molecule has 0 bridgehead atoms. The second-order valence-corrected chi connectivity index (χ2v) is 7.96. The van der Waals surface area contributed by atoms with Crippen LogP contribution >= 0.6 is 0 Å². The Labute approximate surface area is 117 Å². The minimum atomic E-state index is -4.21. The van der Waals surface area contributed by atoms with Crippen LogP contribution in [0, 0.1) is 0 Å². The van der Waals surface area contributed by atoms with Gasteiger partial charge in [-0.1, -0.05) is 19.4 Å². The third-order valence-electron chi connectivity index (χ3n) is 2.77. The quantitative estimate of drug-likeness (QED) is 0.874. The first kappa shape index (κ1) is 14.9. The van der Waals surface area contributed by atoms with Gasteiger partial charge in [-0.2, -0.15) is 0 Å². The van der Waals surface area contributed by atoms with Gasteiger partial charge >= 0.3 is 0 Å². The molecule has 2 aromatic heterocycles. The molecule has 0 spiro atoms. The van der Waals surface area contributed by atoms with Gasteiger partial charge in [0.25, 0.3) is 10.0 Å². The zero-order chi connectivity index (χ0) is 15.1. The molecule has 20 heavy (non-hydrogen) atoms. The van der Waals surface area contributed by atoms with Gasteiger partial charge in [0.05, 0.1) is 0 Å². The molecule has 0 unspecified atom stereocenters. The molecule has 0 saturated heterocycles. The number of nitrogens with zero attached hydrogens (tertiary/aromatic N) is 2. The first-order valence-electron chi connectivity index (χ1n) is 5.88. The van der Waals surface area contributed by atoms with Gasteiger partial charge in [0.1, 0.15) is 5.65 Å². The number of rotatable bonds is 4. The number of hydrogen-bond donors (Lipinski definition) is 1. The molecule has 0 aliphatic heterocycles. The van der Waals surface area contributed by atoms with E-state index in [4.69, 9.17) is 5.14 Å². The summed E-state index contributed by atoms with van der Waals surface area (Å²) in [5.74, 6) is 0. The fraction of sp³-hybridized carbons (Fsp3) is 0.364. The normalized spacial score (nSPS) is 12.9. The average Bonchev–Trinajstić information content (AvgIpc) is 2.67. The van der Waals surface area contributed by atoms with Gasteiger partial charge in [-0.15, -0.1) is 0 Å². The van der Waals surface area contributed by atoms with Gasteiger partial charge in [0, 0.05) is 12.5 Å². The molecule has 0 aromatic carbocycles. The van der Waals surface area contributed by atoms with E-state index in [9.17, 15) is 16.8 Å². The lowest BCUT2D eigenvalue weighted by Crippen LogP contribution is -2.18. The number of aryl methyl sites for hydroxylation is 1. The van der Waals surface area contributed by atoms with Crippen LogP contribution < -0.4 is 5.14 Å². The highest BCUT2D eigenvalue weighted by Crippen LogP contribution is 2.22. The van der Waals surface area contributed by atoms with Gasteiger partial charge in [0.15, 0.2) is 19.9 Å². The molecular weight excluding hydrogens is 302 g/mol. The predicted octanol–water partition coefficient (Wildman–Crippen LogP) is 0.338. The van der Waals surface area contributed by atoms with Crippen LogP contribution in [0.1, 0.15) is 18.9 Å². The molecule has 110 valence electrons. The van der Waals surface area contributed by atoms with Gasteiger partial charge in [-0.25, -0.2) is 27.0 Å². The zero-order valence-electron chi connectivity index (χ0n) is 11.1. The van der Waals surface area contributed by atoms with Crippen molar-refractivity contribution in [3.63, 3.8) is 0 Å². The molecule has 0 aliphatic carbocycles. The largest absolute Gasteiger partial charge is 0.288 e. The molecule has 0 amide bonds. The number of primary sulfonamides is 1. The van der Waals surface area contributed by atoms with Gasteiger partial charge in [0.2, 0.25) is 0 Å². The molecule has 2 rings (SSSR count). The van der Waals surface area contributed by atoms with E-state index in [0.29, 0.717) is 0 Å². The number of nitrogens with two attached hydrogens (primary N) is 1. The highest BCUT2D eigenvalue weighted by Gasteiger charge is 2.28. The van der Waals surface area contributed by atoms with E-state index in [-0.39, 0.29) is 5.65 Å². The maximum absolute atomic E-state index is 11.7. The van der Waals surface area contributed by atoms with Crippen molar-refractivity contribution in [2.75, 3.05) is 6.26 Å². The molecule has 2 heterocycles. The van der Waals surface area contributed by atoms with E-state index < -0.39 is 29.9 Å². The number of fused-ring (bicyclic) bond motifs is 1. The lowest BCUT2D eigenvalue weighted by molar-refractivity contribution is 0.578. The third kappa shape index (κ3) is 2.69. The van der Waals surface area contributed by atoms with Crippen molar-refractivity contribution in [3.05, 3.63) is 23.9 Å². The Hall–Kier alpha value is -1.45. The Kier molecular flexibility index (Phi) is 3.61.